The second kappa shape index (κ2) is 10.6. The first-order chi connectivity index (χ1) is 17.4. The predicted octanol–water partition coefficient (Wildman–Crippen LogP) is 4.12. The molecule has 2 N–H and O–H groups in total. The fourth-order valence-corrected chi connectivity index (χ4v) is 5.91. The van der Waals surface area contributed by atoms with Crippen LogP contribution >= 0.6 is 0 Å². The number of piperidine rings is 1. The molecule has 1 aliphatic carbocycles. The van der Waals surface area contributed by atoms with Gasteiger partial charge in [-0.05, 0) is 86.7 Å². The molecule has 2 amide bonds. The van der Waals surface area contributed by atoms with Crippen LogP contribution in [0.1, 0.15) is 62.2 Å². The number of rotatable bonds is 8. The molecule has 3 heterocycles. The molecule has 0 radical (unpaired) electrons. The number of hydrogen-bond donors (Lipinski definition) is 1. The van der Waals surface area contributed by atoms with Gasteiger partial charge in [-0.15, -0.1) is 0 Å². The van der Waals surface area contributed by atoms with Crippen molar-refractivity contribution in [3.63, 3.8) is 0 Å². The van der Waals surface area contributed by atoms with E-state index < -0.39 is 11.9 Å². The van der Waals surface area contributed by atoms with Gasteiger partial charge >= 0.3 is 0 Å². The molecular formula is C29H38N4O3. The number of likely N-dealkylation sites (tertiary alicyclic amines) is 2. The smallest absolute Gasteiger partial charge is 0.254 e. The largest absolute Gasteiger partial charge is 0.477 e. The van der Waals surface area contributed by atoms with Crippen molar-refractivity contribution in [2.75, 3.05) is 32.8 Å². The van der Waals surface area contributed by atoms with Gasteiger partial charge in [0.2, 0.25) is 11.8 Å². The van der Waals surface area contributed by atoms with E-state index in [-0.39, 0.29) is 5.91 Å². The van der Waals surface area contributed by atoms with Crippen LogP contribution in [0.3, 0.4) is 0 Å². The zero-order chi connectivity index (χ0) is 25.1. The van der Waals surface area contributed by atoms with Crippen molar-refractivity contribution >= 4 is 11.8 Å². The van der Waals surface area contributed by atoms with Crippen molar-refractivity contribution in [3.8, 4) is 17.0 Å². The lowest BCUT2D eigenvalue weighted by atomic mass is 9.70. The quantitative estimate of drug-likeness (QED) is 0.601. The number of nitrogens with two attached hydrogens (primary N) is 1. The lowest BCUT2D eigenvalue weighted by Gasteiger charge is -2.44. The van der Waals surface area contributed by atoms with Crippen molar-refractivity contribution in [1.82, 2.24) is 14.8 Å². The second-order valence-electron chi connectivity index (χ2n) is 11.2. The van der Waals surface area contributed by atoms with Gasteiger partial charge in [0.25, 0.3) is 5.91 Å². The van der Waals surface area contributed by atoms with Crippen LogP contribution in [0.25, 0.3) is 11.1 Å². The Morgan fingerprint density at radius 2 is 1.72 bits per heavy atom. The average molecular weight is 491 g/mol. The molecule has 2 aromatic rings. The highest BCUT2D eigenvalue weighted by Crippen LogP contribution is 2.41. The molecule has 1 aromatic carbocycles. The monoisotopic (exact) mass is 490 g/mol. The molecule has 1 saturated carbocycles. The molecule has 7 nitrogen and oxygen atoms in total. The highest BCUT2D eigenvalue weighted by molar-refractivity contribution is 5.98. The third kappa shape index (κ3) is 5.56. The summed E-state index contributed by atoms with van der Waals surface area (Å²) in [7, 11) is 0. The lowest BCUT2D eigenvalue weighted by Crippen LogP contribution is -2.44. The number of primary amides is 1. The van der Waals surface area contributed by atoms with E-state index in [1.54, 1.807) is 17.0 Å². The van der Waals surface area contributed by atoms with Gasteiger partial charge in [0.1, 0.15) is 6.04 Å². The number of ether oxygens (including phenoxy) is 1. The zero-order valence-electron chi connectivity index (χ0n) is 21.3. The topological polar surface area (TPSA) is 88.8 Å². The van der Waals surface area contributed by atoms with Gasteiger partial charge in [-0.1, -0.05) is 25.5 Å². The van der Waals surface area contributed by atoms with Gasteiger partial charge in [-0.25, -0.2) is 4.98 Å². The summed E-state index contributed by atoms with van der Waals surface area (Å²) in [5.74, 6) is 0.663. The van der Waals surface area contributed by atoms with Crippen molar-refractivity contribution in [2.45, 2.75) is 57.9 Å². The third-order valence-corrected chi connectivity index (χ3v) is 8.38. The Balaban J connectivity index is 1.10. The van der Waals surface area contributed by atoms with E-state index in [1.807, 2.05) is 30.5 Å². The Morgan fingerprint density at radius 3 is 2.33 bits per heavy atom. The number of amides is 2. The summed E-state index contributed by atoms with van der Waals surface area (Å²) < 4.78 is 6.02. The molecule has 5 rings (SSSR count). The van der Waals surface area contributed by atoms with Crippen molar-refractivity contribution in [3.05, 3.63) is 48.2 Å². The highest BCUT2D eigenvalue weighted by atomic mass is 16.5. The molecule has 2 aliphatic heterocycles. The van der Waals surface area contributed by atoms with Gasteiger partial charge in [0.05, 0.1) is 6.61 Å². The normalized spacial score (nSPS) is 22.2. The number of pyridine rings is 1. The number of carbonyl (C=O) groups excluding carboxylic acids is 2. The first kappa shape index (κ1) is 24.8. The minimum absolute atomic E-state index is 0.146. The molecule has 0 spiro atoms. The standard InChI is InChI=1S/C29H38N4O3/c1-29(13-3-14-29)20-32-16-11-21(12-17-32)19-36-26-10-9-24(18-31-26)22-5-7-23(8-6-22)28(35)33-15-2-4-25(33)27(30)34/h5-10,18,21,25H,2-4,11-17,19-20H2,1H3,(H2,30,34)/t25-/m1/s1. The number of nitrogens with zero attached hydrogens (tertiary/aromatic N) is 3. The van der Waals surface area contributed by atoms with Gasteiger partial charge < -0.3 is 20.3 Å². The molecular weight excluding hydrogens is 452 g/mol. The summed E-state index contributed by atoms with van der Waals surface area (Å²) >= 11 is 0. The van der Waals surface area contributed by atoms with E-state index in [4.69, 9.17) is 10.5 Å². The third-order valence-electron chi connectivity index (χ3n) is 8.38. The minimum Gasteiger partial charge on any atom is -0.477 e. The zero-order valence-corrected chi connectivity index (χ0v) is 21.3. The summed E-state index contributed by atoms with van der Waals surface area (Å²) in [6, 6.07) is 10.9. The second-order valence-corrected chi connectivity index (χ2v) is 11.2. The minimum atomic E-state index is -0.503. The molecule has 7 heteroatoms. The maximum Gasteiger partial charge on any atom is 0.254 e. The van der Waals surface area contributed by atoms with Crippen LogP contribution in [-0.4, -0.2) is 65.4 Å². The van der Waals surface area contributed by atoms with Gasteiger partial charge in [0, 0.05) is 36.5 Å². The Morgan fingerprint density at radius 1 is 1.00 bits per heavy atom. The number of benzene rings is 1. The molecule has 1 atom stereocenters. The van der Waals surface area contributed by atoms with Crippen LogP contribution < -0.4 is 10.5 Å². The molecule has 1 aromatic heterocycles. The maximum atomic E-state index is 12.8. The molecule has 192 valence electrons. The van der Waals surface area contributed by atoms with Crippen molar-refractivity contribution in [1.29, 1.82) is 0 Å². The molecule has 0 unspecified atom stereocenters. The van der Waals surface area contributed by atoms with E-state index in [1.165, 1.54) is 51.7 Å². The van der Waals surface area contributed by atoms with Crippen molar-refractivity contribution < 1.29 is 14.3 Å². The van der Waals surface area contributed by atoms with E-state index in [2.05, 4.69) is 16.8 Å². The molecule has 2 saturated heterocycles. The number of carbonyl (C=O) groups is 2. The van der Waals surface area contributed by atoms with Crippen LogP contribution in [0.5, 0.6) is 5.88 Å². The molecule has 3 aliphatic rings. The fourth-order valence-electron chi connectivity index (χ4n) is 5.91. The van der Waals surface area contributed by atoms with Crippen LogP contribution in [-0.2, 0) is 4.79 Å². The first-order valence-electron chi connectivity index (χ1n) is 13.4. The first-order valence-corrected chi connectivity index (χ1v) is 13.4. The lowest BCUT2D eigenvalue weighted by molar-refractivity contribution is -0.121. The molecule has 0 bridgehead atoms. The average Bonchev–Trinajstić information content (AvgIpc) is 3.38. The summed E-state index contributed by atoms with van der Waals surface area (Å²) in [6.07, 6.45) is 9.81. The van der Waals surface area contributed by atoms with Crippen LogP contribution in [0.15, 0.2) is 42.6 Å². The Bertz CT molecular complexity index is 1060. The van der Waals surface area contributed by atoms with Gasteiger partial charge in [0.15, 0.2) is 0 Å². The Labute approximate surface area is 214 Å². The summed E-state index contributed by atoms with van der Waals surface area (Å²) in [5.41, 5.74) is 8.53. The van der Waals surface area contributed by atoms with E-state index in [9.17, 15) is 9.59 Å². The summed E-state index contributed by atoms with van der Waals surface area (Å²) in [5, 5.41) is 0. The van der Waals surface area contributed by atoms with Crippen molar-refractivity contribution in [2.24, 2.45) is 17.1 Å². The number of hydrogen-bond acceptors (Lipinski definition) is 5. The Kier molecular flexibility index (Phi) is 7.28. The Hall–Kier alpha value is -2.93. The molecule has 36 heavy (non-hydrogen) atoms. The van der Waals surface area contributed by atoms with E-state index in [0.29, 0.717) is 35.7 Å². The van der Waals surface area contributed by atoms with Crippen LogP contribution in [0.2, 0.25) is 0 Å². The molecule has 3 fully saturated rings. The number of aromatic nitrogens is 1. The highest BCUT2D eigenvalue weighted by Gasteiger charge is 2.35. The van der Waals surface area contributed by atoms with Crippen LogP contribution in [0.4, 0.5) is 0 Å². The fraction of sp³-hybridized carbons (Fsp3) is 0.552. The summed E-state index contributed by atoms with van der Waals surface area (Å²) in [4.78, 5) is 33.2. The van der Waals surface area contributed by atoms with E-state index in [0.717, 1.165) is 24.2 Å². The van der Waals surface area contributed by atoms with Gasteiger partial charge in [-0.2, -0.15) is 0 Å². The SMILES string of the molecule is CC1(CN2CCC(COc3ccc(-c4ccc(C(=O)N5CCC[C@@H]5C(N)=O)cc4)cn3)CC2)CCC1. The van der Waals surface area contributed by atoms with Gasteiger partial charge in [-0.3, -0.25) is 9.59 Å². The predicted molar refractivity (Wildman–Crippen MR) is 140 cm³/mol. The van der Waals surface area contributed by atoms with E-state index >= 15 is 0 Å². The maximum absolute atomic E-state index is 12.8. The van der Waals surface area contributed by atoms with Crippen LogP contribution in [0, 0.1) is 11.3 Å². The summed E-state index contributed by atoms with van der Waals surface area (Å²) in [6.45, 7) is 7.33.